The van der Waals surface area contributed by atoms with Crippen molar-refractivity contribution in [2.45, 2.75) is 13.5 Å². The van der Waals surface area contributed by atoms with Crippen LogP contribution in [-0.4, -0.2) is 20.8 Å². The van der Waals surface area contributed by atoms with E-state index in [1.54, 1.807) is 49.5 Å². The van der Waals surface area contributed by atoms with Gasteiger partial charge in [0, 0.05) is 16.6 Å². The van der Waals surface area contributed by atoms with Crippen molar-refractivity contribution in [3.8, 4) is 5.75 Å². The number of nitrogens with zero attached hydrogens (tertiary/aromatic N) is 4. The Morgan fingerprint density at radius 2 is 1.84 bits per heavy atom. The van der Waals surface area contributed by atoms with Gasteiger partial charge < -0.3 is 4.74 Å². The summed E-state index contributed by atoms with van der Waals surface area (Å²) in [5.41, 5.74) is 2.03. The first-order valence-electron chi connectivity index (χ1n) is 9.60. The fourth-order valence-corrected chi connectivity index (χ4v) is 3.41. The highest BCUT2D eigenvalue weighted by Gasteiger charge is 2.08. The number of rotatable bonds is 6. The topological polar surface area (TPSA) is 99.6 Å². The molecule has 160 valence electrons. The first-order valence-corrected chi connectivity index (χ1v) is 10.4. The molecule has 0 atom stereocenters. The van der Waals surface area contributed by atoms with Crippen molar-refractivity contribution >= 4 is 38.7 Å². The number of benzene rings is 3. The number of hydrogen-bond donors (Lipinski definition) is 0. The third-order valence-electron chi connectivity index (χ3n) is 4.73. The summed E-state index contributed by atoms with van der Waals surface area (Å²) in [4.78, 5) is 27.5. The van der Waals surface area contributed by atoms with Crippen molar-refractivity contribution in [2.75, 3.05) is 0 Å². The Labute approximate surface area is 191 Å². The Bertz CT molecular complexity index is 1380. The van der Waals surface area contributed by atoms with Gasteiger partial charge in [0.05, 0.1) is 22.0 Å². The molecule has 9 heteroatoms. The van der Waals surface area contributed by atoms with Gasteiger partial charge in [-0.3, -0.25) is 14.9 Å². The molecule has 0 aliphatic carbocycles. The summed E-state index contributed by atoms with van der Waals surface area (Å²) in [5, 5.41) is 15.5. The molecule has 0 amide bonds. The molecule has 0 aliphatic rings. The van der Waals surface area contributed by atoms with E-state index in [-0.39, 0.29) is 11.2 Å². The van der Waals surface area contributed by atoms with Crippen LogP contribution in [0.15, 0.2) is 81.1 Å². The maximum atomic E-state index is 12.8. The van der Waals surface area contributed by atoms with Gasteiger partial charge in [0.15, 0.2) is 0 Å². The summed E-state index contributed by atoms with van der Waals surface area (Å²) < 4.78 is 7.79. The van der Waals surface area contributed by atoms with Crippen molar-refractivity contribution in [1.82, 2.24) is 9.66 Å². The predicted octanol–water partition coefficient (Wildman–Crippen LogP) is 4.84. The van der Waals surface area contributed by atoms with Gasteiger partial charge >= 0.3 is 0 Å². The molecule has 4 aromatic rings. The van der Waals surface area contributed by atoms with Gasteiger partial charge in [0.2, 0.25) is 0 Å². The molecule has 3 aromatic carbocycles. The average Bonchev–Trinajstić information content (AvgIpc) is 2.79. The highest BCUT2D eigenvalue weighted by molar-refractivity contribution is 9.10. The maximum absolute atomic E-state index is 12.8. The van der Waals surface area contributed by atoms with Crippen molar-refractivity contribution in [1.29, 1.82) is 0 Å². The smallest absolute Gasteiger partial charge is 0.282 e. The fraction of sp³-hybridized carbons (Fsp3) is 0.0870. The zero-order valence-corrected chi connectivity index (χ0v) is 18.5. The Kier molecular flexibility index (Phi) is 6.09. The summed E-state index contributed by atoms with van der Waals surface area (Å²) in [6.45, 7) is 2.02. The third-order valence-corrected chi connectivity index (χ3v) is 5.22. The number of fused-ring (bicyclic) bond motifs is 1. The Morgan fingerprint density at radius 3 is 2.53 bits per heavy atom. The zero-order valence-electron chi connectivity index (χ0n) is 16.9. The van der Waals surface area contributed by atoms with Crippen LogP contribution in [0.2, 0.25) is 0 Å². The lowest BCUT2D eigenvalue weighted by Crippen LogP contribution is -2.20. The fourth-order valence-electron chi connectivity index (χ4n) is 3.05. The molecule has 0 saturated heterocycles. The van der Waals surface area contributed by atoms with Crippen LogP contribution in [0.3, 0.4) is 0 Å². The second-order valence-corrected chi connectivity index (χ2v) is 7.88. The van der Waals surface area contributed by atoms with Gasteiger partial charge in [-0.05, 0) is 72.6 Å². The van der Waals surface area contributed by atoms with Crippen LogP contribution in [-0.2, 0) is 6.61 Å². The van der Waals surface area contributed by atoms with Crippen LogP contribution in [0, 0.1) is 17.0 Å². The molecule has 0 fully saturated rings. The van der Waals surface area contributed by atoms with Crippen molar-refractivity contribution in [3.05, 3.63) is 109 Å². The van der Waals surface area contributed by atoms with Gasteiger partial charge in [0.1, 0.15) is 18.2 Å². The minimum Gasteiger partial charge on any atom is -0.489 e. The largest absolute Gasteiger partial charge is 0.489 e. The minimum atomic E-state index is -0.437. The van der Waals surface area contributed by atoms with Crippen LogP contribution in [0.1, 0.15) is 17.0 Å². The lowest BCUT2D eigenvalue weighted by Gasteiger charge is -2.07. The van der Waals surface area contributed by atoms with E-state index in [9.17, 15) is 14.9 Å². The predicted molar refractivity (Wildman–Crippen MR) is 125 cm³/mol. The molecule has 1 heterocycles. The van der Waals surface area contributed by atoms with E-state index in [1.165, 1.54) is 16.8 Å². The quantitative estimate of drug-likeness (QED) is 0.218. The van der Waals surface area contributed by atoms with E-state index >= 15 is 0 Å². The number of nitro groups is 1. The molecule has 0 spiro atoms. The number of nitro benzene ring substituents is 1. The van der Waals surface area contributed by atoms with Gasteiger partial charge in [-0.1, -0.05) is 15.9 Å². The Balaban J connectivity index is 1.47. The average molecular weight is 493 g/mol. The summed E-state index contributed by atoms with van der Waals surface area (Å²) in [5.74, 6) is 1.13. The van der Waals surface area contributed by atoms with E-state index in [0.717, 1.165) is 15.6 Å². The summed E-state index contributed by atoms with van der Waals surface area (Å²) in [6, 6.07) is 18.8. The number of aryl methyl sites for hydroxylation is 1. The molecule has 32 heavy (non-hydrogen) atoms. The highest BCUT2D eigenvalue weighted by Crippen LogP contribution is 2.17. The van der Waals surface area contributed by atoms with E-state index in [1.807, 2.05) is 18.2 Å². The molecular formula is C23H17BrN4O4. The monoisotopic (exact) mass is 492 g/mol. The van der Waals surface area contributed by atoms with Crippen LogP contribution >= 0.6 is 15.9 Å². The minimum absolute atomic E-state index is 0.0426. The molecule has 0 unspecified atom stereocenters. The normalized spacial score (nSPS) is 11.2. The van der Waals surface area contributed by atoms with Crippen molar-refractivity contribution in [2.24, 2.45) is 5.10 Å². The lowest BCUT2D eigenvalue weighted by molar-refractivity contribution is -0.384. The van der Waals surface area contributed by atoms with Crippen LogP contribution in [0.25, 0.3) is 10.9 Å². The second-order valence-electron chi connectivity index (χ2n) is 6.96. The number of ether oxygens (including phenoxy) is 1. The molecular weight excluding hydrogens is 476 g/mol. The zero-order chi connectivity index (χ0) is 22.7. The van der Waals surface area contributed by atoms with E-state index in [4.69, 9.17) is 4.74 Å². The Hall–Kier alpha value is -3.85. The van der Waals surface area contributed by atoms with Crippen molar-refractivity contribution < 1.29 is 9.66 Å². The molecule has 4 rings (SSSR count). The summed E-state index contributed by atoms with van der Waals surface area (Å²) in [6.07, 6.45) is 1.58. The molecule has 1 aromatic heterocycles. The lowest BCUT2D eigenvalue weighted by atomic mass is 10.2. The standard InChI is InChI=1S/C23H17BrN4O4/c1-15-26-22-11-6-18(24)12-21(22)23(29)27(15)25-13-16-4-9-20(10-5-16)32-14-17-2-7-19(8-3-17)28(30)31/h2-13H,14H2,1H3. The van der Waals surface area contributed by atoms with Gasteiger partial charge in [-0.2, -0.15) is 9.78 Å². The molecule has 8 nitrogen and oxygen atoms in total. The van der Waals surface area contributed by atoms with Gasteiger partial charge in [-0.25, -0.2) is 4.98 Å². The second kappa shape index (κ2) is 9.11. The van der Waals surface area contributed by atoms with E-state index in [0.29, 0.717) is 29.1 Å². The number of non-ortho nitro benzene ring substituents is 1. The number of aromatic nitrogens is 2. The van der Waals surface area contributed by atoms with Crippen LogP contribution in [0.5, 0.6) is 5.75 Å². The molecule has 0 saturated carbocycles. The third kappa shape index (κ3) is 4.73. The summed E-state index contributed by atoms with van der Waals surface area (Å²) in [7, 11) is 0. The first-order chi connectivity index (χ1) is 15.4. The van der Waals surface area contributed by atoms with E-state index < -0.39 is 4.92 Å². The molecule has 0 radical (unpaired) electrons. The van der Waals surface area contributed by atoms with Gasteiger partial charge in [0.25, 0.3) is 11.2 Å². The first kappa shape index (κ1) is 21.4. The van der Waals surface area contributed by atoms with E-state index in [2.05, 4.69) is 26.0 Å². The highest BCUT2D eigenvalue weighted by atomic mass is 79.9. The molecule has 0 aliphatic heterocycles. The van der Waals surface area contributed by atoms with Crippen LogP contribution in [0.4, 0.5) is 5.69 Å². The maximum Gasteiger partial charge on any atom is 0.282 e. The van der Waals surface area contributed by atoms with Crippen LogP contribution < -0.4 is 10.3 Å². The van der Waals surface area contributed by atoms with Crippen molar-refractivity contribution in [3.63, 3.8) is 0 Å². The summed E-state index contributed by atoms with van der Waals surface area (Å²) >= 11 is 3.38. The number of halogens is 1. The Morgan fingerprint density at radius 1 is 1.12 bits per heavy atom. The molecule has 0 bridgehead atoms. The molecule has 0 N–H and O–H groups in total. The number of hydrogen-bond acceptors (Lipinski definition) is 6. The van der Waals surface area contributed by atoms with Gasteiger partial charge in [-0.15, -0.1) is 0 Å². The SMILES string of the molecule is Cc1nc2ccc(Br)cc2c(=O)n1N=Cc1ccc(OCc2ccc([N+](=O)[O-])cc2)cc1.